The number of carbonyl (C=O) groups is 1. The summed E-state index contributed by atoms with van der Waals surface area (Å²) in [6, 6.07) is 8.43. The number of benzene rings is 1. The average molecular weight is 323 g/mol. The highest BCUT2D eigenvalue weighted by Gasteiger charge is 2.14. The number of rotatable bonds is 4. The third-order valence-corrected chi connectivity index (χ3v) is 4.46. The summed E-state index contributed by atoms with van der Waals surface area (Å²) in [5, 5.41) is 6.48. The van der Waals surface area contributed by atoms with E-state index in [2.05, 4.69) is 21.7 Å². The van der Waals surface area contributed by atoms with Gasteiger partial charge in [0.05, 0.1) is 11.3 Å². The molecule has 0 bridgehead atoms. The van der Waals surface area contributed by atoms with E-state index < -0.39 is 0 Å². The van der Waals surface area contributed by atoms with Gasteiger partial charge in [-0.15, -0.1) is 0 Å². The molecule has 1 aromatic carbocycles. The first-order valence-corrected chi connectivity index (χ1v) is 8.71. The first-order valence-electron chi connectivity index (χ1n) is 8.71. The molecule has 4 heteroatoms. The second-order valence-corrected chi connectivity index (χ2v) is 6.77. The number of amides is 1. The lowest BCUT2D eigenvalue weighted by molar-refractivity contribution is 0.102. The molecule has 1 aromatic heterocycles. The molecule has 4 nitrogen and oxygen atoms in total. The van der Waals surface area contributed by atoms with Crippen molar-refractivity contribution in [1.82, 2.24) is 4.98 Å². The quantitative estimate of drug-likeness (QED) is 0.858. The molecule has 2 N–H and O–H groups in total. The molecule has 1 heterocycles. The van der Waals surface area contributed by atoms with Crippen LogP contribution in [0.3, 0.4) is 0 Å². The van der Waals surface area contributed by atoms with Gasteiger partial charge in [-0.05, 0) is 56.0 Å². The summed E-state index contributed by atoms with van der Waals surface area (Å²) in [6.45, 7) is 4.05. The van der Waals surface area contributed by atoms with Crippen molar-refractivity contribution in [3.8, 4) is 0 Å². The lowest BCUT2D eigenvalue weighted by Gasteiger charge is -2.23. The Bertz CT molecular complexity index is 700. The maximum atomic E-state index is 12.5. The molecule has 1 amide bonds. The Morgan fingerprint density at radius 1 is 0.958 bits per heavy atom. The molecule has 0 saturated heterocycles. The van der Waals surface area contributed by atoms with Crippen molar-refractivity contribution in [2.75, 3.05) is 10.6 Å². The molecule has 0 unspecified atom stereocenters. The summed E-state index contributed by atoms with van der Waals surface area (Å²) in [6.07, 6.45) is 9.68. The number of pyridine rings is 1. The summed E-state index contributed by atoms with van der Waals surface area (Å²) >= 11 is 0. The minimum absolute atomic E-state index is 0.125. The normalized spacial score (nSPS) is 15.1. The van der Waals surface area contributed by atoms with Gasteiger partial charge in [-0.25, -0.2) is 0 Å². The van der Waals surface area contributed by atoms with E-state index in [9.17, 15) is 4.79 Å². The van der Waals surface area contributed by atoms with Gasteiger partial charge < -0.3 is 10.6 Å². The molecular formula is C20H25N3O. The predicted molar refractivity (Wildman–Crippen MR) is 98.6 cm³/mol. The van der Waals surface area contributed by atoms with Crippen molar-refractivity contribution in [2.45, 2.75) is 52.0 Å². The Kier molecular flexibility index (Phi) is 5.14. The standard InChI is InChI=1S/C20H25N3O/c1-14-8-15(2)10-18(9-14)23-20(24)16-11-19(13-21-12-16)22-17-6-4-3-5-7-17/h8-13,17,22H,3-7H2,1-2H3,(H,23,24). The van der Waals surface area contributed by atoms with Gasteiger partial charge in [0, 0.05) is 24.1 Å². The maximum absolute atomic E-state index is 12.5. The van der Waals surface area contributed by atoms with Crippen molar-refractivity contribution < 1.29 is 4.79 Å². The number of hydrogen-bond donors (Lipinski definition) is 2. The van der Waals surface area contributed by atoms with Gasteiger partial charge in [-0.3, -0.25) is 9.78 Å². The van der Waals surface area contributed by atoms with Crippen LogP contribution in [0.15, 0.2) is 36.7 Å². The van der Waals surface area contributed by atoms with Crippen molar-refractivity contribution in [2.24, 2.45) is 0 Å². The second kappa shape index (κ2) is 7.47. The zero-order chi connectivity index (χ0) is 16.9. The van der Waals surface area contributed by atoms with Gasteiger partial charge in [-0.1, -0.05) is 25.3 Å². The summed E-state index contributed by atoms with van der Waals surface area (Å²) in [5.41, 5.74) is 4.60. The summed E-state index contributed by atoms with van der Waals surface area (Å²) in [4.78, 5) is 16.7. The van der Waals surface area contributed by atoms with Crippen LogP contribution in [0.25, 0.3) is 0 Å². The lowest BCUT2D eigenvalue weighted by atomic mass is 9.95. The number of carbonyl (C=O) groups excluding carboxylic acids is 1. The van der Waals surface area contributed by atoms with Crippen LogP contribution in [-0.2, 0) is 0 Å². The Hall–Kier alpha value is -2.36. The number of nitrogens with one attached hydrogen (secondary N) is 2. The average Bonchev–Trinajstić information content (AvgIpc) is 2.55. The van der Waals surface area contributed by atoms with Crippen molar-refractivity contribution >= 4 is 17.3 Å². The molecule has 2 aromatic rings. The zero-order valence-electron chi connectivity index (χ0n) is 14.4. The van der Waals surface area contributed by atoms with Crippen molar-refractivity contribution in [3.63, 3.8) is 0 Å². The fraction of sp³-hybridized carbons (Fsp3) is 0.400. The summed E-state index contributed by atoms with van der Waals surface area (Å²) in [7, 11) is 0. The first kappa shape index (κ1) is 16.5. The minimum atomic E-state index is -0.125. The van der Waals surface area contributed by atoms with Gasteiger partial charge in [0.25, 0.3) is 5.91 Å². The SMILES string of the molecule is Cc1cc(C)cc(NC(=O)c2cncc(NC3CCCCC3)c2)c1. The molecule has 1 saturated carbocycles. The van der Waals surface area contributed by atoms with Gasteiger partial charge in [-0.2, -0.15) is 0 Å². The van der Waals surface area contributed by atoms with E-state index >= 15 is 0 Å². The number of nitrogens with zero attached hydrogens (tertiary/aromatic N) is 1. The predicted octanol–water partition coefficient (Wildman–Crippen LogP) is 4.70. The highest BCUT2D eigenvalue weighted by molar-refractivity contribution is 6.04. The van der Waals surface area contributed by atoms with Crippen molar-refractivity contribution in [1.29, 1.82) is 0 Å². The molecule has 1 aliphatic carbocycles. The largest absolute Gasteiger partial charge is 0.381 e. The molecule has 126 valence electrons. The number of anilines is 2. The third kappa shape index (κ3) is 4.34. The molecule has 0 spiro atoms. The molecule has 0 aliphatic heterocycles. The van der Waals surface area contributed by atoms with E-state index in [1.165, 1.54) is 32.1 Å². The Balaban J connectivity index is 1.69. The molecular weight excluding hydrogens is 298 g/mol. The van der Waals surface area contributed by atoms with Crippen LogP contribution in [0.5, 0.6) is 0 Å². The molecule has 24 heavy (non-hydrogen) atoms. The lowest BCUT2D eigenvalue weighted by Crippen LogP contribution is -2.22. The monoisotopic (exact) mass is 323 g/mol. The van der Waals surface area contributed by atoms with Crippen LogP contribution in [0.1, 0.15) is 53.6 Å². The van der Waals surface area contributed by atoms with E-state index in [1.54, 1.807) is 12.4 Å². The third-order valence-electron chi connectivity index (χ3n) is 4.46. The van der Waals surface area contributed by atoms with Crippen LogP contribution in [0.2, 0.25) is 0 Å². The van der Waals surface area contributed by atoms with Crippen molar-refractivity contribution in [3.05, 3.63) is 53.3 Å². The minimum Gasteiger partial charge on any atom is -0.381 e. The van der Waals surface area contributed by atoms with Crippen LogP contribution in [0, 0.1) is 13.8 Å². The molecule has 3 rings (SSSR count). The van der Waals surface area contributed by atoms with Gasteiger partial charge >= 0.3 is 0 Å². The Labute approximate surface area is 143 Å². The fourth-order valence-electron chi connectivity index (χ4n) is 3.38. The summed E-state index contributed by atoms with van der Waals surface area (Å²) in [5.74, 6) is -0.125. The van der Waals surface area contributed by atoms with E-state index in [0.29, 0.717) is 11.6 Å². The Morgan fingerprint density at radius 2 is 1.67 bits per heavy atom. The van der Waals surface area contributed by atoms with Crippen LogP contribution in [-0.4, -0.2) is 16.9 Å². The molecule has 1 aliphatic rings. The van der Waals surface area contributed by atoms with E-state index in [4.69, 9.17) is 0 Å². The Morgan fingerprint density at radius 3 is 2.38 bits per heavy atom. The number of aromatic nitrogens is 1. The van der Waals surface area contributed by atoms with Gasteiger partial charge in [0.2, 0.25) is 0 Å². The second-order valence-electron chi connectivity index (χ2n) is 6.77. The fourth-order valence-corrected chi connectivity index (χ4v) is 3.38. The van der Waals surface area contributed by atoms with Crippen LogP contribution >= 0.6 is 0 Å². The van der Waals surface area contributed by atoms with E-state index in [0.717, 1.165) is 22.5 Å². The highest BCUT2D eigenvalue weighted by atomic mass is 16.1. The van der Waals surface area contributed by atoms with E-state index in [1.807, 2.05) is 32.0 Å². The maximum Gasteiger partial charge on any atom is 0.257 e. The first-order chi connectivity index (χ1) is 11.6. The van der Waals surface area contributed by atoms with Gasteiger partial charge in [0.1, 0.15) is 0 Å². The zero-order valence-corrected chi connectivity index (χ0v) is 14.4. The smallest absolute Gasteiger partial charge is 0.257 e. The van der Waals surface area contributed by atoms with E-state index in [-0.39, 0.29) is 5.91 Å². The molecule has 1 fully saturated rings. The summed E-state index contributed by atoms with van der Waals surface area (Å²) < 4.78 is 0. The molecule has 0 radical (unpaired) electrons. The molecule has 0 atom stereocenters. The van der Waals surface area contributed by atoms with Crippen LogP contribution in [0.4, 0.5) is 11.4 Å². The number of hydrogen-bond acceptors (Lipinski definition) is 3. The highest BCUT2D eigenvalue weighted by Crippen LogP contribution is 2.22. The number of aryl methyl sites for hydroxylation is 2. The topological polar surface area (TPSA) is 54.0 Å². The van der Waals surface area contributed by atoms with Gasteiger partial charge in [0.15, 0.2) is 0 Å². The van der Waals surface area contributed by atoms with Crippen LogP contribution < -0.4 is 10.6 Å².